The first kappa shape index (κ1) is 29.5. The molecule has 1 atom stereocenters. The maximum absolute atomic E-state index is 10.6. The third-order valence-corrected chi connectivity index (χ3v) is 5.68. The summed E-state index contributed by atoms with van der Waals surface area (Å²) < 4.78 is 20.3. The molecule has 1 aromatic rings. The van der Waals surface area contributed by atoms with Gasteiger partial charge >= 0.3 is 5.97 Å². The molecule has 1 aliphatic heterocycles. The Hall–Kier alpha value is -1.47. The Morgan fingerprint density at radius 1 is 1.16 bits per heavy atom. The Morgan fingerprint density at radius 2 is 1.84 bits per heavy atom. The van der Waals surface area contributed by atoms with Crippen molar-refractivity contribution >= 4 is 23.3 Å². The zero-order valence-electron chi connectivity index (χ0n) is 21.4. The minimum Gasteiger partial charge on any atom is -0.475 e. The van der Waals surface area contributed by atoms with Gasteiger partial charge in [0, 0.05) is 12.0 Å². The zero-order chi connectivity index (χ0) is 23.9. The summed E-state index contributed by atoms with van der Waals surface area (Å²) in [6.07, 6.45) is 8.31. The topological polar surface area (TPSA) is 61.3 Å². The van der Waals surface area contributed by atoms with E-state index in [4.69, 9.17) is 4.74 Å². The van der Waals surface area contributed by atoms with Crippen LogP contribution in [0.15, 0.2) is 6.08 Å². The standard InChI is InChI=1S/C16H28N3OS.C6H12O2.C2H6/c1-4-6-7-8-12-20-16-15(17-21-18-16)14-10-9-11-19(3,5-2)13-14;1-6(2,3)5(7)8-4;1-2/h10H,4-9,11-13H2,1-3H3;1-4H3;1-2H3/q+1;;. The molecule has 0 saturated carbocycles. The molecular formula is C24H46N3O3S+. The van der Waals surface area contributed by atoms with Gasteiger partial charge in [0.25, 0.3) is 5.88 Å². The lowest BCUT2D eigenvalue weighted by Gasteiger charge is -2.36. The van der Waals surface area contributed by atoms with Gasteiger partial charge in [-0.15, -0.1) is 4.37 Å². The van der Waals surface area contributed by atoms with Crippen LogP contribution in [-0.2, 0) is 9.53 Å². The first-order chi connectivity index (χ1) is 14.7. The van der Waals surface area contributed by atoms with Gasteiger partial charge in [0.2, 0.25) is 0 Å². The SMILES string of the molecule is CC.CCCCCCOc1nsnc1C1=CCC[N+](C)(CC)C1.COC(=O)C(C)(C)C. The molecular weight excluding hydrogens is 410 g/mol. The molecule has 1 aliphatic rings. The predicted molar refractivity (Wildman–Crippen MR) is 131 cm³/mol. The summed E-state index contributed by atoms with van der Waals surface area (Å²) >= 11 is 1.26. The van der Waals surface area contributed by atoms with Crippen LogP contribution >= 0.6 is 11.7 Å². The Bertz CT molecular complexity index is 653. The first-order valence-electron chi connectivity index (χ1n) is 11.7. The minimum absolute atomic E-state index is 0.169. The number of ether oxygens (including phenoxy) is 2. The zero-order valence-corrected chi connectivity index (χ0v) is 22.2. The average molecular weight is 457 g/mol. The Kier molecular flexibility index (Phi) is 14.6. The minimum atomic E-state index is -0.352. The number of carbonyl (C=O) groups excluding carboxylic acids is 1. The molecule has 0 amide bonds. The Labute approximate surface area is 194 Å². The number of likely N-dealkylation sites (N-methyl/N-ethyl adjacent to an activating group) is 1. The summed E-state index contributed by atoms with van der Waals surface area (Å²) in [5.74, 6) is 0.574. The van der Waals surface area contributed by atoms with E-state index in [2.05, 4.69) is 40.5 Å². The van der Waals surface area contributed by atoms with Gasteiger partial charge in [0.1, 0.15) is 12.2 Å². The van der Waals surface area contributed by atoms with Crippen LogP contribution < -0.4 is 4.74 Å². The summed E-state index contributed by atoms with van der Waals surface area (Å²) in [4.78, 5) is 10.6. The van der Waals surface area contributed by atoms with Gasteiger partial charge in [-0.3, -0.25) is 4.79 Å². The second kappa shape index (κ2) is 15.4. The van der Waals surface area contributed by atoms with E-state index in [0.29, 0.717) is 0 Å². The van der Waals surface area contributed by atoms with Crippen LogP contribution in [0.4, 0.5) is 0 Å². The molecule has 1 unspecified atom stereocenters. The van der Waals surface area contributed by atoms with Crippen LogP contribution in [0.1, 0.15) is 86.3 Å². The van der Waals surface area contributed by atoms with Crippen LogP contribution in [0.2, 0.25) is 0 Å². The second-order valence-corrected chi connectivity index (χ2v) is 9.43. The molecule has 2 heterocycles. The number of hydrogen-bond donors (Lipinski definition) is 0. The molecule has 2 rings (SSSR count). The Balaban J connectivity index is 0.000000762. The van der Waals surface area contributed by atoms with Gasteiger partial charge in [-0.2, -0.15) is 4.37 Å². The highest BCUT2D eigenvalue weighted by Crippen LogP contribution is 2.29. The monoisotopic (exact) mass is 456 g/mol. The van der Waals surface area contributed by atoms with E-state index >= 15 is 0 Å². The Morgan fingerprint density at radius 3 is 2.35 bits per heavy atom. The molecule has 0 N–H and O–H groups in total. The van der Waals surface area contributed by atoms with E-state index in [1.54, 1.807) is 0 Å². The van der Waals surface area contributed by atoms with Crippen LogP contribution in [-0.4, -0.2) is 59.6 Å². The summed E-state index contributed by atoms with van der Waals surface area (Å²) in [6.45, 7) is 18.1. The van der Waals surface area contributed by atoms with Crippen molar-refractivity contribution in [3.05, 3.63) is 11.8 Å². The lowest BCUT2D eigenvalue weighted by Crippen LogP contribution is -2.47. The van der Waals surface area contributed by atoms with E-state index in [1.165, 1.54) is 50.2 Å². The third kappa shape index (κ3) is 11.1. The van der Waals surface area contributed by atoms with Crippen molar-refractivity contribution in [1.29, 1.82) is 0 Å². The molecule has 0 fully saturated rings. The van der Waals surface area contributed by atoms with Gasteiger partial charge in [-0.05, 0) is 34.1 Å². The number of nitrogens with zero attached hydrogens (tertiary/aromatic N) is 3. The van der Waals surface area contributed by atoms with Crippen LogP contribution in [0.25, 0.3) is 5.57 Å². The first-order valence-corrected chi connectivity index (χ1v) is 12.5. The number of carbonyl (C=O) groups is 1. The van der Waals surface area contributed by atoms with Crippen LogP contribution in [0, 0.1) is 5.41 Å². The highest BCUT2D eigenvalue weighted by molar-refractivity contribution is 6.99. The number of quaternary nitrogens is 1. The van der Waals surface area contributed by atoms with Crippen LogP contribution in [0.3, 0.4) is 0 Å². The van der Waals surface area contributed by atoms with Crippen molar-refractivity contribution < 1.29 is 18.8 Å². The fourth-order valence-corrected chi connectivity index (χ4v) is 3.55. The third-order valence-electron chi connectivity index (χ3n) is 5.17. The van der Waals surface area contributed by atoms with Crippen molar-refractivity contribution in [3.8, 4) is 5.88 Å². The summed E-state index contributed by atoms with van der Waals surface area (Å²) in [7, 11) is 3.71. The molecule has 0 aromatic carbocycles. The van der Waals surface area contributed by atoms with Gasteiger partial charge < -0.3 is 14.0 Å². The fourth-order valence-electron chi connectivity index (χ4n) is 3.02. The number of methoxy groups -OCH3 is 1. The van der Waals surface area contributed by atoms with E-state index in [9.17, 15) is 4.79 Å². The molecule has 0 saturated heterocycles. The number of hydrogen-bond acceptors (Lipinski definition) is 6. The smallest absolute Gasteiger partial charge is 0.310 e. The van der Waals surface area contributed by atoms with Crippen molar-refractivity contribution in [3.63, 3.8) is 0 Å². The molecule has 0 spiro atoms. The highest BCUT2D eigenvalue weighted by Gasteiger charge is 2.28. The normalized spacial score (nSPS) is 18.0. The molecule has 0 radical (unpaired) electrons. The predicted octanol–water partition coefficient (Wildman–Crippen LogP) is 5.98. The average Bonchev–Trinajstić information content (AvgIpc) is 3.23. The number of aromatic nitrogens is 2. The molecule has 180 valence electrons. The quantitative estimate of drug-likeness (QED) is 0.273. The summed E-state index contributed by atoms with van der Waals surface area (Å²) in [5.41, 5.74) is 1.94. The van der Waals surface area contributed by atoms with Crippen molar-refractivity contribution in [2.75, 3.05) is 40.4 Å². The lowest BCUT2D eigenvalue weighted by molar-refractivity contribution is -0.901. The second-order valence-electron chi connectivity index (χ2n) is 8.90. The van der Waals surface area contributed by atoms with Crippen molar-refractivity contribution in [1.82, 2.24) is 8.75 Å². The maximum atomic E-state index is 10.6. The number of rotatable bonds is 8. The van der Waals surface area contributed by atoms with Crippen LogP contribution in [0.5, 0.6) is 5.88 Å². The van der Waals surface area contributed by atoms with Gasteiger partial charge in [0.05, 0.1) is 51.0 Å². The van der Waals surface area contributed by atoms with E-state index in [-0.39, 0.29) is 11.4 Å². The maximum Gasteiger partial charge on any atom is 0.310 e. The molecule has 7 heteroatoms. The van der Waals surface area contributed by atoms with Gasteiger partial charge in [0.15, 0.2) is 0 Å². The summed E-state index contributed by atoms with van der Waals surface area (Å²) in [6, 6.07) is 0. The largest absolute Gasteiger partial charge is 0.475 e. The lowest BCUT2D eigenvalue weighted by atomic mass is 9.98. The van der Waals surface area contributed by atoms with Gasteiger partial charge in [-0.25, -0.2) is 0 Å². The van der Waals surface area contributed by atoms with Gasteiger partial charge in [-0.1, -0.05) is 46.1 Å². The van der Waals surface area contributed by atoms with E-state index in [1.807, 2.05) is 34.6 Å². The molecule has 0 bridgehead atoms. The highest BCUT2D eigenvalue weighted by atomic mass is 32.1. The molecule has 6 nitrogen and oxygen atoms in total. The molecule has 31 heavy (non-hydrogen) atoms. The molecule has 1 aromatic heterocycles. The number of unbranched alkanes of at least 4 members (excludes halogenated alkanes) is 3. The van der Waals surface area contributed by atoms with Crippen molar-refractivity contribution in [2.24, 2.45) is 5.41 Å². The van der Waals surface area contributed by atoms with E-state index < -0.39 is 0 Å². The van der Waals surface area contributed by atoms with E-state index in [0.717, 1.165) is 48.6 Å². The molecule has 0 aliphatic carbocycles. The fraction of sp³-hybridized carbons (Fsp3) is 0.792. The number of esters is 1. The summed E-state index contributed by atoms with van der Waals surface area (Å²) in [5, 5.41) is 0. The van der Waals surface area contributed by atoms with Crippen molar-refractivity contribution in [2.45, 2.75) is 80.6 Å².